The van der Waals surface area contributed by atoms with Crippen LogP contribution in [-0.2, 0) is 5.75 Å². The number of ether oxygens (including phenoxy) is 2. The van der Waals surface area contributed by atoms with Gasteiger partial charge in [-0.05, 0) is 30.3 Å². The second-order valence-electron chi connectivity index (χ2n) is 4.08. The van der Waals surface area contributed by atoms with Gasteiger partial charge in [-0.2, -0.15) is 5.26 Å². The summed E-state index contributed by atoms with van der Waals surface area (Å²) in [5.74, 6) is 2.37. The fraction of sp³-hybridized carbons (Fsp3) is 0.188. The van der Waals surface area contributed by atoms with Crippen LogP contribution in [0.2, 0.25) is 0 Å². The number of para-hydroxylation sites is 1. The summed E-state index contributed by atoms with van der Waals surface area (Å²) in [6.07, 6.45) is 0. The van der Waals surface area contributed by atoms with E-state index in [1.807, 2.05) is 36.4 Å². The lowest BCUT2D eigenvalue weighted by atomic mass is 10.1. The van der Waals surface area contributed by atoms with Crippen molar-refractivity contribution < 1.29 is 9.47 Å². The second kappa shape index (κ2) is 6.88. The van der Waals surface area contributed by atoms with Crippen molar-refractivity contribution in [2.24, 2.45) is 0 Å². The lowest BCUT2D eigenvalue weighted by molar-refractivity contribution is 0.404. The Balaban J connectivity index is 2.20. The van der Waals surface area contributed by atoms with Crippen LogP contribution in [0.5, 0.6) is 11.5 Å². The van der Waals surface area contributed by atoms with Crippen LogP contribution >= 0.6 is 11.8 Å². The molecule has 0 radical (unpaired) electrons. The van der Waals surface area contributed by atoms with Crippen molar-refractivity contribution in [2.45, 2.75) is 10.6 Å². The molecule has 2 aromatic rings. The highest BCUT2D eigenvalue weighted by Crippen LogP contribution is 2.33. The first kappa shape index (κ1) is 14.3. The maximum Gasteiger partial charge on any atom is 0.132 e. The monoisotopic (exact) mass is 285 g/mol. The highest BCUT2D eigenvalue weighted by atomic mass is 32.2. The third kappa shape index (κ3) is 3.25. The van der Waals surface area contributed by atoms with E-state index in [1.165, 1.54) is 0 Å². The second-order valence-corrected chi connectivity index (χ2v) is 5.10. The molecule has 0 atom stereocenters. The van der Waals surface area contributed by atoms with Crippen LogP contribution in [0.3, 0.4) is 0 Å². The third-order valence-electron chi connectivity index (χ3n) is 2.86. The molecule has 0 aliphatic heterocycles. The van der Waals surface area contributed by atoms with Gasteiger partial charge >= 0.3 is 0 Å². The Morgan fingerprint density at radius 3 is 2.50 bits per heavy atom. The van der Waals surface area contributed by atoms with Crippen LogP contribution in [0.1, 0.15) is 11.1 Å². The van der Waals surface area contributed by atoms with Crippen molar-refractivity contribution in [3.05, 3.63) is 53.6 Å². The molecule has 0 spiro atoms. The minimum absolute atomic E-state index is 0.640. The topological polar surface area (TPSA) is 42.2 Å². The van der Waals surface area contributed by atoms with Gasteiger partial charge in [0.05, 0.1) is 25.9 Å². The normalized spacial score (nSPS) is 9.85. The van der Waals surface area contributed by atoms with Crippen LogP contribution < -0.4 is 9.47 Å². The lowest BCUT2D eigenvalue weighted by Crippen LogP contribution is -1.92. The molecule has 2 aromatic carbocycles. The van der Waals surface area contributed by atoms with Gasteiger partial charge < -0.3 is 9.47 Å². The minimum atomic E-state index is 0.640. The summed E-state index contributed by atoms with van der Waals surface area (Å²) in [5, 5.41) is 8.98. The Kier molecular flexibility index (Phi) is 4.91. The molecule has 0 fully saturated rings. The van der Waals surface area contributed by atoms with Gasteiger partial charge in [0.15, 0.2) is 0 Å². The van der Waals surface area contributed by atoms with Crippen molar-refractivity contribution >= 4 is 11.8 Å². The average molecular weight is 285 g/mol. The van der Waals surface area contributed by atoms with Gasteiger partial charge in [-0.3, -0.25) is 0 Å². The highest BCUT2D eigenvalue weighted by Gasteiger charge is 2.08. The Morgan fingerprint density at radius 2 is 1.80 bits per heavy atom. The first-order valence-electron chi connectivity index (χ1n) is 6.11. The summed E-state index contributed by atoms with van der Waals surface area (Å²) in [5.41, 5.74) is 1.64. The van der Waals surface area contributed by atoms with E-state index in [1.54, 1.807) is 32.0 Å². The Bertz CT molecular complexity index is 635. The van der Waals surface area contributed by atoms with E-state index in [0.29, 0.717) is 5.56 Å². The maximum absolute atomic E-state index is 8.98. The van der Waals surface area contributed by atoms with Crippen molar-refractivity contribution in [3.8, 4) is 17.6 Å². The number of hydrogen-bond donors (Lipinski definition) is 0. The van der Waals surface area contributed by atoms with Crippen LogP contribution in [0.15, 0.2) is 47.4 Å². The SMILES string of the molecule is COc1ccc(C#N)cc1CSc1ccccc1OC. The molecule has 0 amide bonds. The van der Waals surface area contributed by atoms with Crippen molar-refractivity contribution in [2.75, 3.05) is 14.2 Å². The zero-order chi connectivity index (χ0) is 14.4. The molecule has 4 heteroatoms. The van der Waals surface area contributed by atoms with Crippen LogP contribution in [0.4, 0.5) is 0 Å². The Morgan fingerprint density at radius 1 is 1.05 bits per heavy atom. The summed E-state index contributed by atoms with van der Waals surface area (Å²) in [6.45, 7) is 0. The quantitative estimate of drug-likeness (QED) is 0.782. The molecule has 0 aliphatic rings. The molecule has 0 aliphatic carbocycles. The summed E-state index contributed by atoms with van der Waals surface area (Å²) in [7, 11) is 3.30. The van der Waals surface area contributed by atoms with Crippen LogP contribution in [-0.4, -0.2) is 14.2 Å². The van der Waals surface area contributed by atoms with Gasteiger partial charge in [0.2, 0.25) is 0 Å². The molecule has 0 heterocycles. The zero-order valence-electron chi connectivity index (χ0n) is 11.4. The molecule has 3 nitrogen and oxygen atoms in total. The largest absolute Gasteiger partial charge is 0.496 e. The van der Waals surface area contributed by atoms with E-state index in [4.69, 9.17) is 14.7 Å². The highest BCUT2D eigenvalue weighted by molar-refractivity contribution is 7.98. The fourth-order valence-corrected chi connectivity index (χ4v) is 2.86. The number of nitriles is 1. The minimum Gasteiger partial charge on any atom is -0.496 e. The molecule has 20 heavy (non-hydrogen) atoms. The first-order valence-corrected chi connectivity index (χ1v) is 7.10. The van der Waals surface area contributed by atoms with E-state index in [-0.39, 0.29) is 0 Å². The van der Waals surface area contributed by atoms with Gasteiger partial charge in [-0.1, -0.05) is 12.1 Å². The molecule has 2 rings (SSSR count). The average Bonchev–Trinajstić information content (AvgIpc) is 2.52. The molecule has 0 unspecified atom stereocenters. The van der Waals surface area contributed by atoms with Crippen molar-refractivity contribution in [1.82, 2.24) is 0 Å². The molecule has 0 bridgehead atoms. The summed E-state index contributed by atoms with van der Waals surface area (Å²) >= 11 is 1.66. The number of nitrogens with zero attached hydrogens (tertiary/aromatic N) is 1. The third-order valence-corrected chi connectivity index (χ3v) is 3.97. The number of thioether (sulfide) groups is 1. The fourth-order valence-electron chi connectivity index (χ4n) is 1.85. The van der Waals surface area contributed by atoms with Gasteiger partial charge in [-0.25, -0.2) is 0 Å². The lowest BCUT2D eigenvalue weighted by Gasteiger charge is -2.10. The number of methoxy groups -OCH3 is 2. The number of hydrogen-bond acceptors (Lipinski definition) is 4. The summed E-state index contributed by atoms with van der Waals surface area (Å²) in [6, 6.07) is 15.5. The van der Waals surface area contributed by atoms with Crippen LogP contribution in [0.25, 0.3) is 0 Å². The predicted molar refractivity (Wildman–Crippen MR) is 80.3 cm³/mol. The van der Waals surface area contributed by atoms with Crippen molar-refractivity contribution in [3.63, 3.8) is 0 Å². The standard InChI is InChI=1S/C16H15NO2S/c1-18-14-8-7-12(10-17)9-13(14)11-20-16-6-4-3-5-15(16)19-2/h3-9H,11H2,1-2H3. The van der Waals surface area contributed by atoms with Gasteiger partial charge in [0, 0.05) is 16.2 Å². The first-order chi connectivity index (χ1) is 9.78. The molecule has 0 N–H and O–H groups in total. The number of rotatable bonds is 5. The van der Waals surface area contributed by atoms with E-state index < -0.39 is 0 Å². The van der Waals surface area contributed by atoms with Crippen molar-refractivity contribution in [1.29, 1.82) is 5.26 Å². The Labute approximate surface area is 123 Å². The van der Waals surface area contributed by atoms with E-state index >= 15 is 0 Å². The summed E-state index contributed by atoms with van der Waals surface area (Å²) in [4.78, 5) is 1.07. The molecule has 0 aromatic heterocycles. The molecule has 0 saturated heterocycles. The molecular weight excluding hydrogens is 270 g/mol. The zero-order valence-corrected chi connectivity index (χ0v) is 12.2. The number of benzene rings is 2. The smallest absolute Gasteiger partial charge is 0.132 e. The molecule has 0 saturated carbocycles. The molecule has 102 valence electrons. The van der Waals surface area contributed by atoms with Crippen LogP contribution in [0, 0.1) is 11.3 Å². The van der Waals surface area contributed by atoms with Gasteiger partial charge in [-0.15, -0.1) is 11.8 Å². The van der Waals surface area contributed by atoms with E-state index in [0.717, 1.165) is 27.7 Å². The van der Waals surface area contributed by atoms with Gasteiger partial charge in [0.1, 0.15) is 11.5 Å². The maximum atomic E-state index is 8.98. The molecular formula is C16H15NO2S. The van der Waals surface area contributed by atoms with Gasteiger partial charge in [0.25, 0.3) is 0 Å². The summed E-state index contributed by atoms with van der Waals surface area (Å²) < 4.78 is 10.7. The predicted octanol–water partition coefficient (Wildman–Crippen LogP) is 3.87. The van der Waals surface area contributed by atoms with E-state index in [9.17, 15) is 0 Å². The Hall–Kier alpha value is -2.12. The van der Waals surface area contributed by atoms with E-state index in [2.05, 4.69) is 6.07 Å².